The Morgan fingerprint density at radius 2 is 1.02 bits per heavy atom. The van der Waals surface area contributed by atoms with Gasteiger partial charge in [0.05, 0.1) is 38.1 Å². The normalized spacial score (nSPS) is 34.2. The Bertz CT molecular complexity index is 1150. The van der Waals surface area contributed by atoms with Gasteiger partial charge in [0.2, 0.25) is 0 Å². The van der Waals surface area contributed by atoms with Crippen molar-refractivity contribution in [2.75, 3.05) is 19.8 Å². The first-order chi connectivity index (χ1) is 29.2. The Morgan fingerprint density at radius 1 is 0.557 bits per heavy atom. The third-order valence-corrected chi connectivity index (χ3v) is 12.0. The molecule has 17 atom stereocenters. The van der Waals surface area contributed by atoms with Gasteiger partial charge in [-0.3, -0.25) is 0 Å². The van der Waals surface area contributed by atoms with E-state index in [4.69, 9.17) is 33.5 Å². The zero-order valence-electron chi connectivity index (χ0n) is 35.8. The lowest BCUT2D eigenvalue weighted by Crippen LogP contribution is -2.64. The van der Waals surface area contributed by atoms with Gasteiger partial charge in [0.1, 0.15) is 61.0 Å². The molecular weight excluding hydrogens is 808 g/mol. The van der Waals surface area contributed by atoms with Crippen molar-refractivity contribution in [1.82, 2.24) is 0 Å². The molecular formula is C42H78O19. The van der Waals surface area contributed by atoms with Gasteiger partial charge in [-0.1, -0.05) is 96.8 Å². The quantitative estimate of drug-likeness (QED) is 0.0411. The molecule has 3 rings (SSSR count). The van der Waals surface area contributed by atoms with Crippen LogP contribution in [0.15, 0.2) is 0 Å². The molecule has 13 unspecified atom stereocenters. The number of hydrogen-bond donors (Lipinski definition) is 12. The summed E-state index contributed by atoms with van der Waals surface area (Å²) in [7, 11) is 0. The molecule has 0 aromatic heterocycles. The van der Waals surface area contributed by atoms with Crippen molar-refractivity contribution < 1.29 is 94.5 Å². The number of rotatable bonds is 31. The van der Waals surface area contributed by atoms with E-state index in [9.17, 15) is 61.0 Å². The topological polar surface area (TPSA) is 315 Å². The first kappa shape index (κ1) is 54.1. The van der Waals surface area contributed by atoms with Crippen molar-refractivity contribution in [1.29, 1.82) is 0 Å². The minimum Gasteiger partial charge on any atom is -0.479 e. The van der Waals surface area contributed by atoms with E-state index in [-0.39, 0.29) is 6.61 Å². The van der Waals surface area contributed by atoms with Crippen LogP contribution in [0.25, 0.3) is 0 Å². The summed E-state index contributed by atoms with van der Waals surface area (Å²) in [5.41, 5.74) is 0. The van der Waals surface area contributed by atoms with Crippen LogP contribution in [0, 0.1) is 0 Å². The molecule has 3 fully saturated rings. The van der Waals surface area contributed by atoms with Crippen LogP contribution in [0.5, 0.6) is 0 Å². The minimum atomic E-state index is -1.84. The van der Waals surface area contributed by atoms with Crippen molar-refractivity contribution in [3.63, 3.8) is 0 Å². The van der Waals surface area contributed by atoms with E-state index >= 15 is 0 Å². The lowest BCUT2D eigenvalue weighted by Gasteiger charge is -2.46. The zero-order chi connectivity index (χ0) is 44.9. The molecule has 0 radical (unpaired) electrons. The summed E-state index contributed by atoms with van der Waals surface area (Å²) in [4.78, 5) is 10.6. The fourth-order valence-corrected chi connectivity index (χ4v) is 7.97. The highest BCUT2D eigenvalue weighted by Crippen LogP contribution is 2.32. The van der Waals surface area contributed by atoms with Crippen molar-refractivity contribution in [2.24, 2.45) is 0 Å². The van der Waals surface area contributed by atoms with E-state index in [2.05, 4.69) is 0 Å². The second-order valence-corrected chi connectivity index (χ2v) is 17.1. The number of ether oxygens (including phenoxy) is 6. The highest BCUT2D eigenvalue weighted by atomic mass is 16.8. The Labute approximate surface area is 359 Å². The number of aliphatic hydroxyl groups excluding tert-OH is 11. The van der Waals surface area contributed by atoms with E-state index in [1.165, 1.54) is 12.8 Å². The van der Waals surface area contributed by atoms with E-state index in [1.54, 1.807) is 0 Å². The van der Waals surface area contributed by atoms with Crippen LogP contribution in [0.1, 0.15) is 135 Å². The molecule has 0 bridgehead atoms. The van der Waals surface area contributed by atoms with Gasteiger partial charge in [0, 0.05) is 0 Å². The summed E-state index contributed by atoms with van der Waals surface area (Å²) in [5, 5.41) is 123. The van der Waals surface area contributed by atoms with Gasteiger partial charge in [-0.05, 0) is 38.5 Å². The van der Waals surface area contributed by atoms with E-state index in [0.29, 0.717) is 38.5 Å². The molecule has 0 aromatic carbocycles. The molecule has 0 spiro atoms. The van der Waals surface area contributed by atoms with Gasteiger partial charge < -0.3 is 89.7 Å². The minimum absolute atomic E-state index is 0.289. The van der Waals surface area contributed by atoms with Crippen LogP contribution in [-0.4, -0.2) is 191 Å². The van der Waals surface area contributed by atoms with E-state index in [1.807, 2.05) is 6.92 Å². The largest absolute Gasteiger partial charge is 0.479 e. The summed E-state index contributed by atoms with van der Waals surface area (Å²) in [5.74, 6) is -1.16. The molecule has 0 aromatic rings. The average Bonchev–Trinajstić information content (AvgIpc) is 3.24. The fourth-order valence-electron chi connectivity index (χ4n) is 7.97. The van der Waals surface area contributed by atoms with Crippen LogP contribution in [-0.2, 0) is 33.2 Å². The van der Waals surface area contributed by atoms with Gasteiger partial charge >= 0.3 is 5.97 Å². The maximum atomic E-state index is 11.1. The molecule has 360 valence electrons. The number of carboxylic acids is 1. The van der Waals surface area contributed by atoms with Gasteiger partial charge in [0.15, 0.2) is 25.0 Å². The first-order valence-corrected chi connectivity index (χ1v) is 22.7. The predicted octanol–water partition coefficient (Wildman–Crippen LogP) is 0.0873. The number of aliphatic carboxylic acids is 1. The van der Waals surface area contributed by atoms with E-state index in [0.717, 1.165) is 77.0 Å². The molecule has 3 aliphatic heterocycles. The highest BCUT2D eigenvalue weighted by Gasteiger charge is 2.51. The van der Waals surface area contributed by atoms with Crippen LogP contribution >= 0.6 is 0 Å². The summed E-state index contributed by atoms with van der Waals surface area (Å²) in [6.07, 6.45) is -7.03. The van der Waals surface area contributed by atoms with Crippen molar-refractivity contribution in [3.8, 4) is 0 Å². The van der Waals surface area contributed by atoms with Crippen molar-refractivity contribution >= 4 is 5.97 Å². The molecule has 61 heavy (non-hydrogen) atoms. The van der Waals surface area contributed by atoms with E-state index < -0.39 is 124 Å². The number of carbonyl (C=O) groups is 1. The highest BCUT2D eigenvalue weighted by molar-refractivity contribution is 5.71. The molecule has 19 nitrogen and oxygen atoms in total. The average molecular weight is 887 g/mol. The zero-order valence-corrected chi connectivity index (χ0v) is 35.8. The Kier molecular flexibility index (Phi) is 26.0. The molecule has 0 saturated carbocycles. The Morgan fingerprint density at radius 3 is 1.54 bits per heavy atom. The number of unbranched alkanes of at least 4 members (excludes halogenated alkanes) is 12. The van der Waals surface area contributed by atoms with Crippen LogP contribution in [0.3, 0.4) is 0 Å². The van der Waals surface area contributed by atoms with Gasteiger partial charge in [-0.15, -0.1) is 0 Å². The summed E-state index contributed by atoms with van der Waals surface area (Å²) < 4.78 is 35.0. The van der Waals surface area contributed by atoms with Gasteiger partial charge in [-0.2, -0.15) is 0 Å². The maximum absolute atomic E-state index is 11.1. The molecule has 3 heterocycles. The molecule has 12 N–H and O–H groups in total. The number of aliphatic hydroxyl groups is 11. The third-order valence-electron chi connectivity index (χ3n) is 12.0. The molecule has 3 saturated heterocycles. The summed E-state index contributed by atoms with van der Waals surface area (Å²) >= 11 is 0. The fraction of sp³-hybridized carbons (Fsp3) is 0.976. The Balaban J connectivity index is 1.42. The summed E-state index contributed by atoms with van der Waals surface area (Å²) in [6, 6.07) is 0. The van der Waals surface area contributed by atoms with Crippen LogP contribution in [0.2, 0.25) is 0 Å². The number of hydrogen-bond acceptors (Lipinski definition) is 18. The molecule has 3 aliphatic rings. The third kappa shape index (κ3) is 18.3. The predicted molar refractivity (Wildman–Crippen MR) is 216 cm³/mol. The standard InChI is InChI=1S/C42H78O19/c1-2-3-17-25(18-16-21-27(45)26(44)19-14-12-10-8-6-4-5-7-9-11-13-15-20-28(46)39(54)55)58-41-37(32(49)29(47)23-56-41)61-42-38(33(50)30(48)24-57-42)60-40-36(53)35(52)34(51)31(22-43)59-40/h25-38,40-53H,2-24H2,1H3,(H,54,55)/t25-,26-,27+,28+,29?,30?,31?,32?,33?,34?,35?,36?,37?,38?,40?,41?,42?/m1/s1. The lowest BCUT2D eigenvalue weighted by atomic mass is 9.98. The van der Waals surface area contributed by atoms with Crippen molar-refractivity contribution in [2.45, 2.75) is 240 Å². The van der Waals surface area contributed by atoms with Crippen LogP contribution in [0.4, 0.5) is 0 Å². The Hall–Kier alpha value is -1.21. The monoisotopic (exact) mass is 887 g/mol. The molecule has 0 amide bonds. The first-order valence-electron chi connectivity index (χ1n) is 22.7. The second kappa shape index (κ2) is 29.4. The number of carboxylic acid groups (broad SMARTS) is 1. The lowest BCUT2D eigenvalue weighted by molar-refractivity contribution is -0.380. The second-order valence-electron chi connectivity index (χ2n) is 17.1. The molecule has 19 heteroatoms. The van der Waals surface area contributed by atoms with Crippen molar-refractivity contribution in [3.05, 3.63) is 0 Å². The summed E-state index contributed by atoms with van der Waals surface area (Å²) in [6.45, 7) is 0.564. The SMILES string of the molecule is CCCC[C@H](CCC[C@H](O)[C@H](O)CCCCCCCCCCCCCC[C@H](O)C(=O)O)OC1OCC(O)C(O)C1OC1OCC(O)C(O)C1OC1OC(CO)C(O)C(O)C1O. The van der Waals surface area contributed by atoms with Crippen LogP contribution < -0.4 is 0 Å². The van der Waals surface area contributed by atoms with Gasteiger partial charge in [-0.25, -0.2) is 4.79 Å². The molecule has 0 aliphatic carbocycles. The maximum Gasteiger partial charge on any atom is 0.332 e. The smallest absolute Gasteiger partial charge is 0.332 e. The van der Waals surface area contributed by atoms with Gasteiger partial charge in [0.25, 0.3) is 0 Å².